The molecule has 146 valence electrons. The zero-order chi connectivity index (χ0) is 20.1. The Morgan fingerprint density at radius 3 is 1.93 bits per heavy atom. The molecule has 0 aliphatic heterocycles. The fourth-order valence-corrected chi connectivity index (χ4v) is 2.90. The van der Waals surface area contributed by atoms with E-state index in [4.69, 9.17) is 14.6 Å². The van der Waals surface area contributed by atoms with Crippen molar-refractivity contribution >= 4 is 0 Å². The SMILES string of the molecule is COc1ccc(-c2cc(=O)n(CCN(C)C)nc2-c2ccc(OC)cc2)cc1. The van der Waals surface area contributed by atoms with E-state index < -0.39 is 0 Å². The molecule has 0 saturated heterocycles. The lowest BCUT2D eigenvalue weighted by atomic mass is 10.00. The maximum Gasteiger partial charge on any atom is 0.267 e. The standard InChI is InChI=1S/C22H25N3O3/c1-24(2)13-14-25-21(26)15-20(16-5-9-18(27-3)10-6-16)22(23-25)17-7-11-19(28-4)12-8-17/h5-12,15H,13-14H2,1-4H3. The Balaban J connectivity index is 2.12. The predicted octanol–water partition coefficient (Wildman–Crippen LogP) is 3.16. The average Bonchev–Trinajstić information content (AvgIpc) is 2.72. The minimum Gasteiger partial charge on any atom is -0.497 e. The van der Waals surface area contributed by atoms with Gasteiger partial charge in [0, 0.05) is 23.7 Å². The van der Waals surface area contributed by atoms with Crippen LogP contribution in [-0.2, 0) is 6.54 Å². The number of methoxy groups -OCH3 is 2. The molecule has 0 aliphatic rings. The van der Waals surface area contributed by atoms with Crippen molar-refractivity contribution in [2.45, 2.75) is 6.54 Å². The van der Waals surface area contributed by atoms with Crippen LogP contribution in [0.25, 0.3) is 22.4 Å². The maximum atomic E-state index is 12.7. The Labute approximate surface area is 165 Å². The lowest BCUT2D eigenvalue weighted by Gasteiger charge is -2.15. The van der Waals surface area contributed by atoms with Crippen LogP contribution in [0.1, 0.15) is 0 Å². The molecule has 0 saturated carbocycles. The van der Waals surface area contributed by atoms with E-state index in [9.17, 15) is 4.79 Å². The molecule has 0 bridgehead atoms. The summed E-state index contributed by atoms with van der Waals surface area (Å²) >= 11 is 0. The van der Waals surface area contributed by atoms with E-state index in [-0.39, 0.29) is 5.56 Å². The molecule has 1 heterocycles. The van der Waals surface area contributed by atoms with Gasteiger partial charge in [-0.05, 0) is 56.1 Å². The molecule has 1 aromatic heterocycles. The minimum absolute atomic E-state index is 0.120. The summed E-state index contributed by atoms with van der Waals surface area (Å²) in [6.45, 7) is 1.26. The lowest BCUT2D eigenvalue weighted by Crippen LogP contribution is -2.28. The molecule has 2 aromatic carbocycles. The number of hydrogen-bond donors (Lipinski definition) is 0. The Morgan fingerprint density at radius 1 is 0.893 bits per heavy atom. The third-order valence-electron chi connectivity index (χ3n) is 4.52. The smallest absolute Gasteiger partial charge is 0.267 e. The molecule has 0 radical (unpaired) electrons. The maximum absolute atomic E-state index is 12.7. The van der Waals surface area contributed by atoms with Crippen molar-refractivity contribution in [3.8, 4) is 33.9 Å². The molecular weight excluding hydrogens is 354 g/mol. The van der Waals surface area contributed by atoms with E-state index >= 15 is 0 Å². The van der Waals surface area contributed by atoms with Gasteiger partial charge in [0.15, 0.2) is 0 Å². The number of rotatable bonds is 7. The summed E-state index contributed by atoms with van der Waals surface area (Å²) in [6, 6.07) is 17.0. The molecule has 0 atom stereocenters. The van der Waals surface area contributed by atoms with Gasteiger partial charge >= 0.3 is 0 Å². The van der Waals surface area contributed by atoms with Crippen LogP contribution in [0, 0.1) is 0 Å². The van der Waals surface area contributed by atoms with Gasteiger partial charge in [-0.1, -0.05) is 12.1 Å². The number of ether oxygens (including phenoxy) is 2. The molecule has 0 N–H and O–H groups in total. The Bertz CT molecular complexity index is 977. The number of nitrogens with zero attached hydrogens (tertiary/aromatic N) is 3. The lowest BCUT2D eigenvalue weighted by molar-refractivity contribution is 0.368. The first-order valence-corrected chi connectivity index (χ1v) is 9.07. The Kier molecular flexibility index (Phi) is 6.11. The monoisotopic (exact) mass is 379 g/mol. The van der Waals surface area contributed by atoms with E-state index in [1.807, 2.05) is 67.5 Å². The molecule has 0 aliphatic carbocycles. The summed E-state index contributed by atoms with van der Waals surface area (Å²) in [6.07, 6.45) is 0. The van der Waals surface area contributed by atoms with E-state index in [2.05, 4.69) is 0 Å². The topological polar surface area (TPSA) is 56.6 Å². The second kappa shape index (κ2) is 8.71. The summed E-state index contributed by atoms with van der Waals surface area (Å²) in [4.78, 5) is 14.7. The van der Waals surface area contributed by atoms with Crippen molar-refractivity contribution in [1.29, 1.82) is 0 Å². The predicted molar refractivity (Wildman–Crippen MR) is 111 cm³/mol. The van der Waals surface area contributed by atoms with E-state index in [0.29, 0.717) is 6.54 Å². The molecule has 3 aromatic rings. The Morgan fingerprint density at radius 2 is 1.43 bits per heavy atom. The van der Waals surface area contributed by atoms with Crippen LogP contribution >= 0.6 is 0 Å². The van der Waals surface area contributed by atoms with Crippen molar-refractivity contribution in [2.75, 3.05) is 34.9 Å². The van der Waals surface area contributed by atoms with Gasteiger partial charge in [0.1, 0.15) is 11.5 Å². The van der Waals surface area contributed by atoms with E-state index in [0.717, 1.165) is 40.4 Å². The van der Waals surface area contributed by atoms with Crippen molar-refractivity contribution in [3.63, 3.8) is 0 Å². The van der Waals surface area contributed by atoms with Gasteiger partial charge in [-0.2, -0.15) is 5.10 Å². The summed E-state index contributed by atoms with van der Waals surface area (Å²) in [5.41, 5.74) is 3.26. The molecule has 0 unspecified atom stereocenters. The van der Waals surface area contributed by atoms with E-state index in [1.165, 1.54) is 4.68 Å². The number of benzene rings is 2. The highest BCUT2D eigenvalue weighted by Crippen LogP contribution is 2.31. The zero-order valence-corrected chi connectivity index (χ0v) is 16.7. The highest BCUT2D eigenvalue weighted by Gasteiger charge is 2.14. The third kappa shape index (κ3) is 4.40. The van der Waals surface area contributed by atoms with Crippen molar-refractivity contribution in [2.24, 2.45) is 0 Å². The first-order valence-electron chi connectivity index (χ1n) is 9.07. The number of hydrogen-bond acceptors (Lipinski definition) is 5. The molecule has 6 nitrogen and oxygen atoms in total. The highest BCUT2D eigenvalue weighted by atomic mass is 16.5. The summed E-state index contributed by atoms with van der Waals surface area (Å²) < 4.78 is 12.0. The minimum atomic E-state index is -0.120. The average molecular weight is 379 g/mol. The molecule has 6 heteroatoms. The van der Waals surface area contributed by atoms with Crippen molar-refractivity contribution < 1.29 is 9.47 Å². The van der Waals surface area contributed by atoms with Gasteiger partial charge in [0.25, 0.3) is 5.56 Å². The first kappa shape index (κ1) is 19.6. The van der Waals surface area contributed by atoms with Crippen molar-refractivity contribution in [3.05, 3.63) is 65.0 Å². The second-order valence-electron chi connectivity index (χ2n) is 6.73. The van der Waals surface area contributed by atoms with Gasteiger partial charge in [-0.15, -0.1) is 0 Å². The fourth-order valence-electron chi connectivity index (χ4n) is 2.90. The van der Waals surface area contributed by atoms with Crippen LogP contribution in [0.2, 0.25) is 0 Å². The molecule has 0 fully saturated rings. The summed E-state index contributed by atoms with van der Waals surface area (Å²) in [5, 5.41) is 4.69. The Hall–Kier alpha value is -3.12. The van der Waals surface area contributed by atoms with Crippen LogP contribution in [-0.4, -0.2) is 49.5 Å². The molecular formula is C22H25N3O3. The molecule has 28 heavy (non-hydrogen) atoms. The molecule has 0 amide bonds. The summed E-state index contributed by atoms with van der Waals surface area (Å²) in [7, 11) is 7.21. The molecule has 3 rings (SSSR count). The van der Waals surface area contributed by atoms with Gasteiger partial charge in [0.05, 0.1) is 26.5 Å². The molecule has 0 spiro atoms. The van der Waals surface area contributed by atoms with Crippen LogP contribution in [0.5, 0.6) is 11.5 Å². The van der Waals surface area contributed by atoms with E-state index in [1.54, 1.807) is 20.3 Å². The van der Waals surface area contributed by atoms with Crippen LogP contribution < -0.4 is 15.0 Å². The van der Waals surface area contributed by atoms with Gasteiger partial charge < -0.3 is 14.4 Å². The van der Waals surface area contributed by atoms with Gasteiger partial charge in [0.2, 0.25) is 0 Å². The quantitative estimate of drug-likeness (QED) is 0.631. The fraction of sp³-hybridized carbons (Fsp3) is 0.273. The van der Waals surface area contributed by atoms with Crippen LogP contribution in [0.4, 0.5) is 0 Å². The normalized spacial score (nSPS) is 10.9. The van der Waals surface area contributed by atoms with Crippen LogP contribution in [0.15, 0.2) is 59.4 Å². The zero-order valence-electron chi connectivity index (χ0n) is 16.7. The van der Waals surface area contributed by atoms with Gasteiger partial charge in [-0.3, -0.25) is 4.79 Å². The first-order chi connectivity index (χ1) is 13.5. The second-order valence-corrected chi connectivity index (χ2v) is 6.73. The van der Waals surface area contributed by atoms with Crippen molar-refractivity contribution in [1.82, 2.24) is 14.7 Å². The number of likely N-dealkylation sites (N-methyl/N-ethyl adjacent to an activating group) is 1. The summed E-state index contributed by atoms with van der Waals surface area (Å²) in [5.74, 6) is 1.54. The number of aromatic nitrogens is 2. The largest absolute Gasteiger partial charge is 0.497 e. The third-order valence-corrected chi connectivity index (χ3v) is 4.52. The van der Waals surface area contributed by atoms with Crippen LogP contribution in [0.3, 0.4) is 0 Å². The van der Waals surface area contributed by atoms with Gasteiger partial charge in [-0.25, -0.2) is 4.68 Å². The highest BCUT2D eigenvalue weighted by molar-refractivity contribution is 5.80.